The van der Waals surface area contributed by atoms with Crippen LogP contribution < -0.4 is 10.6 Å². The summed E-state index contributed by atoms with van der Waals surface area (Å²) in [6, 6.07) is 0.593. The van der Waals surface area contributed by atoms with Crippen LogP contribution in [0.4, 0.5) is 0 Å². The van der Waals surface area contributed by atoms with Gasteiger partial charge in [-0.3, -0.25) is 4.99 Å². The highest BCUT2D eigenvalue weighted by Crippen LogP contribution is 2.23. The van der Waals surface area contributed by atoms with Gasteiger partial charge >= 0.3 is 0 Å². The first-order valence-electron chi connectivity index (χ1n) is 8.52. The molecule has 22 heavy (non-hydrogen) atoms. The maximum Gasteiger partial charge on any atom is 0.191 e. The summed E-state index contributed by atoms with van der Waals surface area (Å²) in [4.78, 5) is 7.05. The monoisotopic (exact) mass is 424 g/mol. The highest BCUT2D eigenvalue weighted by atomic mass is 127. The summed E-state index contributed by atoms with van der Waals surface area (Å²) in [6.07, 6.45) is 5.21. The minimum Gasteiger partial charge on any atom is -0.357 e. The van der Waals surface area contributed by atoms with Gasteiger partial charge in [0.2, 0.25) is 0 Å². The molecular formula is C17H37IN4. The third-order valence-corrected chi connectivity index (χ3v) is 4.11. The van der Waals surface area contributed by atoms with Gasteiger partial charge in [0.05, 0.1) is 0 Å². The molecule has 1 aliphatic rings. The third-order valence-electron chi connectivity index (χ3n) is 4.11. The lowest BCUT2D eigenvalue weighted by Crippen LogP contribution is -2.45. The van der Waals surface area contributed by atoms with E-state index in [1.807, 2.05) is 0 Å². The second-order valence-corrected chi connectivity index (χ2v) is 7.70. The lowest BCUT2D eigenvalue weighted by molar-refractivity contribution is 0.248. The minimum absolute atomic E-state index is 0. The van der Waals surface area contributed by atoms with Crippen molar-refractivity contribution >= 4 is 29.9 Å². The SMILES string of the molecule is CCNC(=NCC(C)(C)CN(C)C)NC1CCC(C)CC1.I. The average Bonchev–Trinajstić information content (AvgIpc) is 2.37. The number of aliphatic imine (C=N–C) groups is 1. The summed E-state index contributed by atoms with van der Waals surface area (Å²) < 4.78 is 0. The van der Waals surface area contributed by atoms with E-state index < -0.39 is 0 Å². The zero-order chi connectivity index (χ0) is 15.9. The lowest BCUT2D eigenvalue weighted by atomic mass is 9.87. The van der Waals surface area contributed by atoms with Crippen LogP contribution in [0.5, 0.6) is 0 Å². The Hall–Kier alpha value is -0.0400. The Balaban J connectivity index is 0.00000441. The first kappa shape index (κ1) is 22.0. The minimum atomic E-state index is 0. The Morgan fingerprint density at radius 3 is 2.27 bits per heavy atom. The van der Waals surface area contributed by atoms with Crippen LogP contribution in [0.15, 0.2) is 4.99 Å². The van der Waals surface area contributed by atoms with Gasteiger partial charge < -0.3 is 15.5 Å². The predicted octanol–water partition coefficient (Wildman–Crippen LogP) is 3.33. The van der Waals surface area contributed by atoms with Crippen LogP contribution in [-0.4, -0.2) is 50.6 Å². The Kier molecular flexibility index (Phi) is 10.7. The number of hydrogen-bond acceptors (Lipinski definition) is 2. The van der Waals surface area contributed by atoms with Crippen molar-refractivity contribution in [1.29, 1.82) is 0 Å². The van der Waals surface area contributed by atoms with E-state index in [0.29, 0.717) is 6.04 Å². The van der Waals surface area contributed by atoms with Crippen molar-refractivity contribution in [2.45, 2.75) is 59.4 Å². The first-order valence-corrected chi connectivity index (χ1v) is 8.52. The van der Waals surface area contributed by atoms with Crippen molar-refractivity contribution in [3.8, 4) is 0 Å². The number of hydrogen-bond donors (Lipinski definition) is 2. The highest BCUT2D eigenvalue weighted by Gasteiger charge is 2.21. The molecule has 0 atom stereocenters. The van der Waals surface area contributed by atoms with Gasteiger partial charge in [-0.15, -0.1) is 24.0 Å². The van der Waals surface area contributed by atoms with Gasteiger partial charge in [-0.05, 0) is 58.0 Å². The van der Waals surface area contributed by atoms with Gasteiger partial charge in [0.25, 0.3) is 0 Å². The van der Waals surface area contributed by atoms with Crippen LogP contribution in [0.1, 0.15) is 53.4 Å². The van der Waals surface area contributed by atoms with E-state index in [1.165, 1.54) is 25.7 Å². The number of nitrogens with zero attached hydrogens (tertiary/aromatic N) is 2. The maximum atomic E-state index is 4.82. The van der Waals surface area contributed by atoms with E-state index >= 15 is 0 Å². The maximum absolute atomic E-state index is 4.82. The molecule has 0 radical (unpaired) electrons. The molecule has 1 aliphatic carbocycles. The van der Waals surface area contributed by atoms with Crippen LogP contribution in [-0.2, 0) is 0 Å². The largest absolute Gasteiger partial charge is 0.357 e. The quantitative estimate of drug-likeness (QED) is 0.391. The summed E-state index contributed by atoms with van der Waals surface area (Å²) in [6.45, 7) is 11.9. The fourth-order valence-corrected chi connectivity index (χ4v) is 3.12. The molecule has 0 spiro atoms. The number of guanidine groups is 1. The predicted molar refractivity (Wildman–Crippen MR) is 108 cm³/mol. The topological polar surface area (TPSA) is 39.7 Å². The molecular weight excluding hydrogens is 387 g/mol. The summed E-state index contributed by atoms with van der Waals surface area (Å²) in [5.74, 6) is 1.88. The van der Waals surface area contributed by atoms with E-state index in [4.69, 9.17) is 4.99 Å². The molecule has 0 aliphatic heterocycles. The van der Waals surface area contributed by atoms with E-state index in [1.54, 1.807) is 0 Å². The van der Waals surface area contributed by atoms with Crippen LogP contribution in [0.3, 0.4) is 0 Å². The second-order valence-electron chi connectivity index (χ2n) is 7.70. The van der Waals surface area contributed by atoms with Crippen molar-refractivity contribution in [3.05, 3.63) is 0 Å². The second kappa shape index (κ2) is 10.7. The zero-order valence-corrected chi connectivity index (χ0v) is 17.7. The molecule has 0 amide bonds. The number of halogens is 1. The molecule has 0 unspecified atom stereocenters. The molecule has 0 saturated heterocycles. The molecule has 1 fully saturated rings. The molecule has 4 nitrogen and oxygen atoms in total. The van der Waals surface area contributed by atoms with Crippen LogP contribution in [0.25, 0.3) is 0 Å². The van der Waals surface area contributed by atoms with Gasteiger partial charge in [-0.25, -0.2) is 0 Å². The normalized spacial score (nSPS) is 23.1. The van der Waals surface area contributed by atoms with E-state index in [9.17, 15) is 0 Å². The van der Waals surface area contributed by atoms with E-state index in [-0.39, 0.29) is 29.4 Å². The Labute approximate surface area is 154 Å². The van der Waals surface area contributed by atoms with Crippen molar-refractivity contribution in [3.63, 3.8) is 0 Å². The smallest absolute Gasteiger partial charge is 0.191 e. The summed E-state index contributed by atoms with van der Waals surface area (Å²) >= 11 is 0. The molecule has 2 N–H and O–H groups in total. The van der Waals surface area contributed by atoms with Crippen molar-refractivity contribution in [2.24, 2.45) is 16.3 Å². The Bertz CT molecular complexity index is 321. The van der Waals surface area contributed by atoms with Crippen LogP contribution >= 0.6 is 24.0 Å². The summed E-state index contributed by atoms with van der Waals surface area (Å²) in [5.41, 5.74) is 0.201. The number of nitrogens with one attached hydrogen (secondary N) is 2. The molecule has 1 saturated carbocycles. The lowest BCUT2D eigenvalue weighted by Gasteiger charge is -2.30. The molecule has 0 bridgehead atoms. The van der Waals surface area contributed by atoms with Crippen molar-refractivity contribution in [2.75, 3.05) is 33.7 Å². The van der Waals surface area contributed by atoms with Gasteiger partial charge in [-0.2, -0.15) is 0 Å². The van der Waals surface area contributed by atoms with E-state index in [2.05, 4.69) is 57.3 Å². The highest BCUT2D eigenvalue weighted by molar-refractivity contribution is 14.0. The molecule has 1 rings (SSSR count). The number of rotatable bonds is 6. The third kappa shape index (κ3) is 9.18. The van der Waals surface area contributed by atoms with Gasteiger partial charge in [0.15, 0.2) is 5.96 Å². The summed E-state index contributed by atoms with van der Waals surface area (Å²) in [7, 11) is 4.25. The average molecular weight is 424 g/mol. The molecule has 0 aromatic heterocycles. The zero-order valence-electron chi connectivity index (χ0n) is 15.4. The molecule has 132 valence electrons. The molecule has 0 heterocycles. The molecule has 5 heteroatoms. The standard InChI is InChI=1S/C17H36N4.HI/c1-7-18-16(19-12-17(3,4)13-21(5)6)20-15-10-8-14(2)9-11-15;/h14-15H,7-13H2,1-6H3,(H2,18,19,20);1H. The Morgan fingerprint density at radius 2 is 1.77 bits per heavy atom. The van der Waals surface area contributed by atoms with Crippen molar-refractivity contribution < 1.29 is 0 Å². The Morgan fingerprint density at radius 1 is 1.18 bits per heavy atom. The fraction of sp³-hybridized carbons (Fsp3) is 0.941. The first-order chi connectivity index (χ1) is 9.82. The fourth-order valence-electron chi connectivity index (χ4n) is 3.12. The van der Waals surface area contributed by atoms with Gasteiger partial charge in [0.1, 0.15) is 0 Å². The van der Waals surface area contributed by atoms with Crippen LogP contribution in [0, 0.1) is 11.3 Å². The van der Waals surface area contributed by atoms with E-state index in [0.717, 1.165) is 31.5 Å². The molecule has 0 aromatic carbocycles. The molecule has 0 aromatic rings. The van der Waals surface area contributed by atoms with Gasteiger partial charge in [0, 0.05) is 25.7 Å². The summed E-state index contributed by atoms with van der Waals surface area (Å²) in [5, 5.41) is 7.02. The van der Waals surface area contributed by atoms with Gasteiger partial charge in [-0.1, -0.05) is 20.8 Å². The van der Waals surface area contributed by atoms with Crippen molar-refractivity contribution in [1.82, 2.24) is 15.5 Å². The van der Waals surface area contributed by atoms with Crippen LogP contribution in [0.2, 0.25) is 0 Å².